The van der Waals surface area contributed by atoms with Crippen LogP contribution in [-0.2, 0) is 33.6 Å². The lowest BCUT2D eigenvalue weighted by Gasteiger charge is -2.39. The molecule has 8 N–H and O–H groups in total. The van der Waals surface area contributed by atoms with Crippen molar-refractivity contribution < 1.29 is 33.6 Å². The highest BCUT2D eigenvalue weighted by Gasteiger charge is 2.36. The van der Waals surface area contributed by atoms with Gasteiger partial charge >= 0.3 is 0 Å². The zero-order chi connectivity index (χ0) is 34.8. The van der Waals surface area contributed by atoms with Gasteiger partial charge in [0, 0.05) is 12.5 Å². The van der Waals surface area contributed by atoms with Gasteiger partial charge in [-0.25, -0.2) is 10.4 Å². The van der Waals surface area contributed by atoms with Crippen molar-refractivity contribution >= 4 is 41.0 Å². The molecular weight excluding hydrogens is 596 g/mol. The van der Waals surface area contributed by atoms with Gasteiger partial charge < -0.3 is 37.1 Å². The average Bonchev–Trinajstić information content (AvgIpc) is 3.04. The van der Waals surface area contributed by atoms with E-state index >= 15 is 0 Å². The van der Waals surface area contributed by atoms with E-state index in [9.17, 15) is 33.6 Å². The van der Waals surface area contributed by atoms with Gasteiger partial charge in [0.25, 0.3) is 0 Å². The zero-order valence-corrected chi connectivity index (χ0v) is 28.3. The van der Waals surface area contributed by atoms with E-state index < -0.39 is 24.2 Å². The first kappa shape index (κ1) is 41.4. The van der Waals surface area contributed by atoms with Gasteiger partial charge in [-0.1, -0.05) is 13.3 Å². The fourth-order valence-electron chi connectivity index (χ4n) is 4.37. The number of hydrogen-bond acceptors (Lipinski definition) is 15. The van der Waals surface area contributed by atoms with Crippen molar-refractivity contribution in [1.29, 1.82) is 0 Å². The minimum absolute atomic E-state index is 0.00534. The van der Waals surface area contributed by atoms with Crippen molar-refractivity contribution in [3.63, 3.8) is 0 Å². The first-order valence-corrected chi connectivity index (χ1v) is 16.2. The second-order valence-corrected chi connectivity index (χ2v) is 12.2. The summed E-state index contributed by atoms with van der Waals surface area (Å²) in [6.45, 7) is 11.0. The molecule has 15 heteroatoms. The van der Waals surface area contributed by atoms with Crippen LogP contribution in [0.1, 0.15) is 60.8 Å². The molecule has 46 heavy (non-hydrogen) atoms. The maximum Gasteiger partial charge on any atom is 0.166 e. The summed E-state index contributed by atoms with van der Waals surface area (Å²) in [6, 6.07) is -3.07. The standard InChI is InChI=1S/C31H56N8O7/c1-19(11-33-20(2)18-40)26(41)12-34-21(3)27(42)13-35-22(4)28(43)14-36-23(5)29(44)15-37-24(6)30(45)16-38-39-17-31(46)25(39)9-7-8-10-32/h18-25,33-38H,7-17,32H2,1-6H3/t19?,20-,21?,22?,23?,24?,25-/m0/s1. The first-order valence-electron chi connectivity index (χ1n) is 16.2. The van der Waals surface area contributed by atoms with Crippen LogP contribution in [0.5, 0.6) is 0 Å². The monoisotopic (exact) mass is 652 g/mol. The summed E-state index contributed by atoms with van der Waals surface area (Å²) in [6.07, 6.45) is 3.15. The fraction of sp³-hybridized carbons (Fsp3) is 0.774. The molecule has 1 aliphatic heterocycles. The molecule has 0 aliphatic carbocycles. The van der Waals surface area contributed by atoms with E-state index in [-0.39, 0.29) is 92.0 Å². The smallest absolute Gasteiger partial charge is 0.166 e. The summed E-state index contributed by atoms with van der Waals surface area (Å²) < 4.78 is 0. The number of carbonyl (C=O) groups excluding carboxylic acids is 7. The molecule has 0 aromatic carbocycles. The van der Waals surface area contributed by atoms with Crippen LogP contribution in [0.4, 0.5) is 0 Å². The van der Waals surface area contributed by atoms with Crippen LogP contribution >= 0.6 is 0 Å². The van der Waals surface area contributed by atoms with Crippen molar-refractivity contribution in [2.24, 2.45) is 11.7 Å². The maximum absolute atomic E-state index is 12.6. The number of hydrogen-bond donors (Lipinski definition) is 7. The lowest BCUT2D eigenvalue weighted by atomic mass is 9.98. The number of unbranched alkanes of at least 4 members (excludes halogenated alkanes) is 1. The molecule has 1 heterocycles. The molecule has 0 amide bonds. The van der Waals surface area contributed by atoms with E-state index in [1.54, 1.807) is 46.6 Å². The third kappa shape index (κ3) is 15.3. The lowest BCUT2D eigenvalue weighted by molar-refractivity contribution is -0.142. The highest BCUT2D eigenvalue weighted by atomic mass is 16.2. The number of carbonyl (C=O) groups is 7. The summed E-state index contributed by atoms with van der Waals surface area (Å²) in [7, 11) is 0. The van der Waals surface area contributed by atoms with Gasteiger partial charge in [-0.05, 0) is 54.0 Å². The number of hydrazine groups is 1. The third-order valence-electron chi connectivity index (χ3n) is 8.22. The molecule has 1 fully saturated rings. The molecular formula is C31H56N8O7. The molecule has 15 nitrogen and oxygen atoms in total. The first-order chi connectivity index (χ1) is 21.7. The van der Waals surface area contributed by atoms with Crippen LogP contribution in [0.3, 0.4) is 0 Å². The number of rotatable bonds is 28. The Balaban J connectivity index is 2.29. The zero-order valence-electron chi connectivity index (χ0n) is 28.3. The van der Waals surface area contributed by atoms with Crippen molar-refractivity contribution in [3.05, 3.63) is 0 Å². The molecule has 262 valence electrons. The predicted molar refractivity (Wildman–Crippen MR) is 174 cm³/mol. The SMILES string of the molecule is CC(CN[C@@H](C)C=O)C(=O)CNC(C)C(=O)CNC(C)C(=O)CNC(C)C(=O)CNC(C)C(=O)CNN1CC(=O)[C@@H]1CCCCN. The molecule has 0 bridgehead atoms. The number of aldehydes is 1. The summed E-state index contributed by atoms with van der Waals surface area (Å²) in [5.41, 5.74) is 8.52. The Labute approximate surface area is 272 Å². The summed E-state index contributed by atoms with van der Waals surface area (Å²) in [4.78, 5) is 85.0. The van der Waals surface area contributed by atoms with Crippen molar-refractivity contribution in [1.82, 2.24) is 37.0 Å². The number of Topliss-reactive ketones (excluding diaryl/α,β-unsaturated/α-hetero) is 6. The fourth-order valence-corrected chi connectivity index (χ4v) is 4.37. The Morgan fingerprint density at radius 3 is 1.57 bits per heavy atom. The van der Waals surface area contributed by atoms with Crippen LogP contribution in [0.15, 0.2) is 0 Å². The van der Waals surface area contributed by atoms with Crippen LogP contribution < -0.4 is 37.7 Å². The summed E-state index contributed by atoms with van der Waals surface area (Å²) in [5, 5.41) is 16.3. The molecule has 1 rings (SSSR count). The van der Waals surface area contributed by atoms with Gasteiger partial charge in [0.05, 0.1) is 75.5 Å². The van der Waals surface area contributed by atoms with Crippen molar-refractivity contribution in [2.45, 2.75) is 97.1 Å². The lowest BCUT2D eigenvalue weighted by Crippen LogP contribution is -2.63. The molecule has 1 saturated heterocycles. The van der Waals surface area contributed by atoms with Gasteiger partial charge in [0.15, 0.2) is 34.7 Å². The molecule has 0 aromatic rings. The van der Waals surface area contributed by atoms with Gasteiger partial charge in [-0.3, -0.25) is 28.8 Å². The topological polar surface area (TPSA) is 221 Å². The quantitative estimate of drug-likeness (QED) is 0.0341. The molecule has 7 atom stereocenters. The molecule has 0 spiro atoms. The Bertz CT molecular complexity index is 1040. The minimum atomic E-state index is -0.649. The Hall–Kier alpha value is -2.63. The van der Waals surface area contributed by atoms with Crippen molar-refractivity contribution in [2.75, 3.05) is 52.4 Å². The van der Waals surface area contributed by atoms with Crippen LogP contribution in [-0.4, -0.2) is 135 Å². The van der Waals surface area contributed by atoms with E-state index in [1.807, 2.05) is 0 Å². The Morgan fingerprint density at radius 2 is 1.15 bits per heavy atom. The largest absolute Gasteiger partial charge is 0.330 e. The van der Waals surface area contributed by atoms with Crippen LogP contribution in [0.2, 0.25) is 0 Å². The van der Waals surface area contributed by atoms with Gasteiger partial charge in [0.2, 0.25) is 0 Å². The number of nitrogens with zero attached hydrogens (tertiary/aromatic N) is 1. The maximum atomic E-state index is 12.6. The average molecular weight is 653 g/mol. The predicted octanol–water partition coefficient (Wildman–Crippen LogP) is -2.56. The normalized spacial score (nSPS) is 18.9. The minimum Gasteiger partial charge on any atom is -0.330 e. The molecule has 0 saturated carbocycles. The van der Waals surface area contributed by atoms with E-state index in [4.69, 9.17) is 5.73 Å². The second kappa shape index (κ2) is 22.0. The number of nitrogens with one attached hydrogen (secondary N) is 6. The number of ketones is 6. The molecule has 0 aromatic heterocycles. The van der Waals surface area contributed by atoms with Gasteiger partial charge in [-0.2, -0.15) is 0 Å². The van der Waals surface area contributed by atoms with E-state index in [0.29, 0.717) is 19.5 Å². The van der Waals surface area contributed by atoms with Crippen LogP contribution in [0, 0.1) is 5.92 Å². The van der Waals surface area contributed by atoms with Crippen molar-refractivity contribution in [3.8, 4) is 0 Å². The molecule has 1 aliphatic rings. The highest BCUT2D eigenvalue weighted by molar-refractivity contribution is 5.92. The van der Waals surface area contributed by atoms with Gasteiger partial charge in [0.1, 0.15) is 6.29 Å². The second-order valence-electron chi connectivity index (χ2n) is 12.2. The summed E-state index contributed by atoms with van der Waals surface area (Å²) in [5.74, 6) is -1.09. The van der Waals surface area contributed by atoms with E-state index in [0.717, 1.165) is 19.1 Å². The third-order valence-corrected chi connectivity index (χ3v) is 8.22. The molecule has 5 unspecified atom stereocenters. The Kier molecular flexibility index (Phi) is 19.8. The summed E-state index contributed by atoms with van der Waals surface area (Å²) >= 11 is 0. The van der Waals surface area contributed by atoms with Gasteiger partial charge in [-0.15, -0.1) is 0 Å². The molecule has 0 radical (unpaired) electrons. The number of nitrogens with two attached hydrogens (primary N) is 1. The highest BCUT2D eigenvalue weighted by Crippen LogP contribution is 2.16. The van der Waals surface area contributed by atoms with E-state index in [1.165, 1.54) is 0 Å². The van der Waals surface area contributed by atoms with Crippen LogP contribution in [0.25, 0.3) is 0 Å². The van der Waals surface area contributed by atoms with E-state index in [2.05, 4.69) is 32.0 Å². The Morgan fingerprint density at radius 1 is 0.717 bits per heavy atom.